The summed E-state index contributed by atoms with van der Waals surface area (Å²) < 4.78 is 0. The third-order valence-electron chi connectivity index (χ3n) is 2.99. The minimum Gasteiger partial charge on any atom is -0.349 e. The van der Waals surface area contributed by atoms with Crippen LogP contribution in [0.5, 0.6) is 0 Å². The van der Waals surface area contributed by atoms with E-state index in [0.29, 0.717) is 15.1 Å². The fourth-order valence-corrected chi connectivity index (χ4v) is 3.59. The lowest BCUT2D eigenvalue weighted by molar-refractivity contribution is -0.119. The quantitative estimate of drug-likeness (QED) is 0.688. The molecule has 6 heteroatoms. The average molecular weight is 375 g/mol. The highest BCUT2D eigenvalue weighted by Crippen LogP contribution is 2.33. The molecule has 22 heavy (non-hydrogen) atoms. The zero-order valence-corrected chi connectivity index (χ0v) is 14.9. The predicted octanol–water partition coefficient (Wildman–Crippen LogP) is 5.62. The van der Waals surface area contributed by atoms with E-state index < -0.39 is 0 Å². The number of halogens is 3. The molecule has 1 N–H and O–H groups in total. The summed E-state index contributed by atoms with van der Waals surface area (Å²) in [5, 5.41) is 4.68. The maximum atomic E-state index is 12.1. The summed E-state index contributed by atoms with van der Waals surface area (Å²) in [6.07, 6.45) is 0. The highest BCUT2D eigenvalue weighted by atomic mass is 35.5. The molecule has 0 fully saturated rings. The van der Waals surface area contributed by atoms with E-state index in [9.17, 15) is 4.79 Å². The lowest BCUT2D eigenvalue weighted by Crippen LogP contribution is -2.28. The van der Waals surface area contributed by atoms with Crippen molar-refractivity contribution in [3.63, 3.8) is 0 Å². The minimum absolute atomic E-state index is 0.0894. The van der Waals surface area contributed by atoms with Gasteiger partial charge in [0.05, 0.1) is 21.8 Å². The molecule has 0 saturated heterocycles. The fraction of sp³-hybridized carbons (Fsp3) is 0.188. The van der Waals surface area contributed by atoms with Crippen LogP contribution in [-0.2, 0) is 4.79 Å². The smallest absolute Gasteiger partial charge is 0.230 e. The van der Waals surface area contributed by atoms with E-state index in [-0.39, 0.29) is 17.7 Å². The Kier molecular flexibility index (Phi) is 6.45. The van der Waals surface area contributed by atoms with Gasteiger partial charge in [0.2, 0.25) is 5.91 Å². The first kappa shape index (κ1) is 17.5. The van der Waals surface area contributed by atoms with Crippen LogP contribution in [0.25, 0.3) is 0 Å². The Labute approximate surface area is 149 Å². The molecule has 0 aliphatic heterocycles. The van der Waals surface area contributed by atoms with Gasteiger partial charge in [0.25, 0.3) is 0 Å². The summed E-state index contributed by atoms with van der Waals surface area (Å²) in [6, 6.07) is 12.6. The molecule has 0 radical (unpaired) electrons. The molecule has 0 spiro atoms. The maximum absolute atomic E-state index is 12.1. The van der Waals surface area contributed by atoms with Gasteiger partial charge in [0, 0.05) is 9.92 Å². The van der Waals surface area contributed by atoms with E-state index >= 15 is 0 Å². The van der Waals surface area contributed by atoms with Gasteiger partial charge < -0.3 is 5.32 Å². The molecule has 0 heterocycles. The van der Waals surface area contributed by atoms with Crippen molar-refractivity contribution in [3.8, 4) is 0 Å². The Bertz CT molecular complexity index is 658. The second-order valence-corrected chi connectivity index (χ2v) is 6.92. The van der Waals surface area contributed by atoms with Crippen molar-refractivity contribution in [1.82, 2.24) is 5.32 Å². The number of hydrogen-bond donors (Lipinski definition) is 1. The second kappa shape index (κ2) is 8.11. The Morgan fingerprint density at radius 1 is 1.14 bits per heavy atom. The number of benzene rings is 2. The third-order valence-corrected chi connectivity index (χ3v) is 5.22. The fourth-order valence-electron chi connectivity index (χ4n) is 1.90. The summed E-state index contributed by atoms with van der Waals surface area (Å²) in [5.74, 6) is 0.155. The van der Waals surface area contributed by atoms with Crippen LogP contribution in [0.1, 0.15) is 18.5 Å². The molecule has 0 bridgehead atoms. The molecule has 116 valence electrons. The zero-order chi connectivity index (χ0) is 16.1. The van der Waals surface area contributed by atoms with Crippen LogP contribution in [0.4, 0.5) is 0 Å². The molecule has 0 saturated carbocycles. The van der Waals surface area contributed by atoms with E-state index in [1.54, 1.807) is 24.3 Å². The Balaban J connectivity index is 1.93. The highest BCUT2D eigenvalue weighted by Gasteiger charge is 2.12. The minimum atomic E-state index is -0.117. The van der Waals surface area contributed by atoms with Gasteiger partial charge >= 0.3 is 0 Å². The largest absolute Gasteiger partial charge is 0.349 e. The number of nitrogens with one attached hydrogen (secondary N) is 1. The molecule has 2 aromatic rings. The molecule has 2 rings (SSSR count). The van der Waals surface area contributed by atoms with Gasteiger partial charge in [-0.05, 0) is 36.8 Å². The molecule has 1 atom stereocenters. The van der Waals surface area contributed by atoms with Crippen molar-refractivity contribution < 1.29 is 4.79 Å². The van der Waals surface area contributed by atoms with E-state index in [1.165, 1.54) is 11.8 Å². The predicted molar refractivity (Wildman–Crippen MR) is 95.2 cm³/mol. The third kappa shape index (κ3) is 4.82. The maximum Gasteiger partial charge on any atom is 0.230 e. The van der Waals surface area contributed by atoms with Crippen LogP contribution < -0.4 is 5.32 Å². The molecule has 2 aromatic carbocycles. The summed E-state index contributed by atoms with van der Waals surface area (Å²) >= 11 is 19.4. The normalized spacial score (nSPS) is 12.0. The Morgan fingerprint density at radius 3 is 2.41 bits per heavy atom. The molecular formula is C16H14Cl3NOS. The molecule has 0 aliphatic carbocycles. The molecule has 2 nitrogen and oxygen atoms in total. The first-order chi connectivity index (χ1) is 10.5. The number of amides is 1. The highest BCUT2D eigenvalue weighted by molar-refractivity contribution is 8.00. The monoisotopic (exact) mass is 373 g/mol. The van der Waals surface area contributed by atoms with Gasteiger partial charge in [-0.1, -0.05) is 53.0 Å². The van der Waals surface area contributed by atoms with E-state index in [1.807, 2.05) is 25.1 Å². The van der Waals surface area contributed by atoms with Gasteiger partial charge in [-0.15, -0.1) is 11.8 Å². The SMILES string of the molecule is C[C@H](NC(=O)CSc1c(Cl)cccc1Cl)c1cccc(Cl)c1. The average Bonchev–Trinajstić information content (AvgIpc) is 2.46. The van der Waals surface area contributed by atoms with Crippen LogP contribution in [-0.4, -0.2) is 11.7 Å². The van der Waals surface area contributed by atoms with Gasteiger partial charge in [0.15, 0.2) is 0 Å². The summed E-state index contributed by atoms with van der Waals surface area (Å²) in [5.41, 5.74) is 0.960. The van der Waals surface area contributed by atoms with Crippen LogP contribution in [0, 0.1) is 0 Å². The van der Waals surface area contributed by atoms with Crippen LogP contribution in [0.3, 0.4) is 0 Å². The van der Waals surface area contributed by atoms with Crippen LogP contribution in [0.2, 0.25) is 15.1 Å². The van der Waals surface area contributed by atoms with Crippen molar-refractivity contribution in [3.05, 3.63) is 63.1 Å². The van der Waals surface area contributed by atoms with Gasteiger partial charge in [-0.2, -0.15) is 0 Å². The number of carbonyl (C=O) groups is 1. The van der Waals surface area contributed by atoms with E-state index in [4.69, 9.17) is 34.8 Å². The number of rotatable bonds is 5. The van der Waals surface area contributed by atoms with Gasteiger partial charge in [-0.3, -0.25) is 4.79 Å². The van der Waals surface area contributed by atoms with E-state index in [0.717, 1.165) is 10.5 Å². The Morgan fingerprint density at radius 2 is 1.77 bits per heavy atom. The molecule has 1 amide bonds. The molecule has 0 aliphatic rings. The van der Waals surface area contributed by atoms with Crippen molar-refractivity contribution >= 4 is 52.5 Å². The first-order valence-electron chi connectivity index (χ1n) is 6.59. The Hall–Kier alpha value is -0.870. The van der Waals surface area contributed by atoms with Crippen LogP contribution >= 0.6 is 46.6 Å². The van der Waals surface area contributed by atoms with Crippen molar-refractivity contribution in [2.24, 2.45) is 0 Å². The summed E-state index contributed by atoms with van der Waals surface area (Å²) in [4.78, 5) is 12.8. The van der Waals surface area contributed by atoms with Gasteiger partial charge in [0.1, 0.15) is 0 Å². The number of carbonyl (C=O) groups excluding carboxylic acids is 1. The summed E-state index contributed by atoms with van der Waals surface area (Å²) in [7, 11) is 0. The topological polar surface area (TPSA) is 29.1 Å². The van der Waals surface area contributed by atoms with Crippen molar-refractivity contribution in [2.75, 3.05) is 5.75 Å². The van der Waals surface area contributed by atoms with E-state index in [2.05, 4.69) is 5.32 Å². The number of thioether (sulfide) groups is 1. The first-order valence-corrected chi connectivity index (χ1v) is 8.71. The number of hydrogen-bond acceptors (Lipinski definition) is 2. The van der Waals surface area contributed by atoms with Crippen LogP contribution in [0.15, 0.2) is 47.4 Å². The zero-order valence-electron chi connectivity index (χ0n) is 11.8. The molecule has 0 aromatic heterocycles. The molecular weight excluding hydrogens is 361 g/mol. The van der Waals surface area contributed by atoms with Crippen molar-refractivity contribution in [1.29, 1.82) is 0 Å². The molecule has 0 unspecified atom stereocenters. The lowest BCUT2D eigenvalue weighted by Gasteiger charge is -2.15. The second-order valence-electron chi connectivity index (χ2n) is 4.68. The lowest BCUT2D eigenvalue weighted by atomic mass is 10.1. The van der Waals surface area contributed by atoms with Crippen molar-refractivity contribution in [2.45, 2.75) is 17.9 Å². The van der Waals surface area contributed by atoms with Gasteiger partial charge in [-0.25, -0.2) is 0 Å². The standard InChI is InChI=1S/C16H14Cl3NOS/c1-10(11-4-2-5-12(17)8-11)20-15(21)9-22-16-13(18)6-3-7-14(16)19/h2-8,10H,9H2,1H3,(H,20,21)/t10-/m0/s1. The summed E-state index contributed by atoms with van der Waals surface area (Å²) in [6.45, 7) is 1.91.